The van der Waals surface area contributed by atoms with E-state index in [1.807, 2.05) is 0 Å². The second-order valence-electron chi connectivity index (χ2n) is 8.62. The van der Waals surface area contributed by atoms with Crippen LogP contribution in [0.2, 0.25) is 10.0 Å². The largest absolute Gasteiger partial charge is 0.486 e. The van der Waals surface area contributed by atoms with Gasteiger partial charge in [-0.15, -0.1) is 0 Å². The summed E-state index contributed by atoms with van der Waals surface area (Å²) in [6.07, 6.45) is 2.09. The molecule has 1 aliphatic rings. The summed E-state index contributed by atoms with van der Waals surface area (Å²) in [4.78, 5) is 19.4. The lowest BCUT2D eigenvalue weighted by molar-refractivity contribution is -0.123. The first-order valence-electron chi connectivity index (χ1n) is 11.4. The van der Waals surface area contributed by atoms with Crippen LogP contribution in [0.1, 0.15) is 6.42 Å². The Labute approximate surface area is 226 Å². The number of ether oxygens (including phenoxy) is 1. The number of pyridine rings is 1. The van der Waals surface area contributed by atoms with E-state index in [0.29, 0.717) is 16.6 Å². The Bertz CT molecular complexity index is 1640. The summed E-state index contributed by atoms with van der Waals surface area (Å²) >= 11 is 12.0. The van der Waals surface area contributed by atoms with E-state index < -0.39 is 45.5 Å². The topological polar surface area (TPSA) is 104 Å². The Kier molecular flexibility index (Phi) is 7.03. The molecule has 1 fully saturated rings. The maximum Gasteiger partial charge on any atom is 0.244 e. The fraction of sp³-hybridized carbons (Fsp3) is 0.200. The number of likely N-dealkylation sites (N-methyl/N-ethyl adjacent to an activating group) is 1. The van der Waals surface area contributed by atoms with Crippen LogP contribution in [-0.4, -0.2) is 54.3 Å². The molecule has 3 heterocycles. The third kappa shape index (κ3) is 4.71. The van der Waals surface area contributed by atoms with Crippen molar-refractivity contribution in [1.29, 1.82) is 0 Å². The third-order valence-electron chi connectivity index (χ3n) is 6.30. The molecule has 2 aromatic heterocycles. The number of hydrogen-bond acceptors (Lipinski definition) is 5. The van der Waals surface area contributed by atoms with E-state index in [2.05, 4.69) is 15.3 Å². The summed E-state index contributed by atoms with van der Waals surface area (Å²) in [5.41, 5.74) is 0.979. The van der Waals surface area contributed by atoms with Gasteiger partial charge in [-0.2, -0.15) is 8.70 Å². The number of fused-ring (bicyclic) bond motifs is 1. The van der Waals surface area contributed by atoms with E-state index in [1.54, 1.807) is 18.3 Å². The van der Waals surface area contributed by atoms with Crippen LogP contribution in [0.15, 0.2) is 59.8 Å². The number of aromatic amines is 1. The molecule has 2 atom stereocenters. The molecule has 0 spiro atoms. The van der Waals surface area contributed by atoms with E-state index in [9.17, 15) is 13.2 Å². The normalized spacial score (nSPS) is 18.1. The summed E-state index contributed by atoms with van der Waals surface area (Å²) < 4.78 is 63.8. The molecule has 5 rings (SSSR count). The van der Waals surface area contributed by atoms with E-state index in [1.165, 1.54) is 43.6 Å². The second kappa shape index (κ2) is 10.1. The first-order chi connectivity index (χ1) is 18.1. The van der Waals surface area contributed by atoms with Crippen molar-refractivity contribution < 1.29 is 26.7 Å². The summed E-state index contributed by atoms with van der Waals surface area (Å²) in [7, 11) is -2.88. The number of aromatic nitrogens is 2. The Hall–Kier alpha value is -3.25. The monoisotopic (exact) mass is 580 g/mol. The second-order valence-corrected chi connectivity index (χ2v) is 11.4. The number of carbonyl (C=O) groups is 1. The van der Waals surface area contributed by atoms with Gasteiger partial charge >= 0.3 is 0 Å². The Morgan fingerprint density at radius 1 is 1.11 bits per heavy atom. The van der Waals surface area contributed by atoms with Crippen LogP contribution < -0.4 is 10.1 Å². The molecule has 1 aliphatic heterocycles. The van der Waals surface area contributed by atoms with Gasteiger partial charge in [0, 0.05) is 46.9 Å². The highest BCUT2D eigenvalue weighted by atomic mass is 35.5. The van der Waals surface area contributed by atoms with Crippen LogP contribution in [0, 0.1) is 11.6 Å². The Morgan fingerprint density at radius 2 is 1.84 bits per heavy atom. The zero-order valence-corrected chi connectivity index (χ0v) is 22.0. The summed E-state index contributed by atoms with van der Waals surface area (Å²) in [5.74, 6) is -3.35. The predicted molar refractivity (Wildman–Crippen MR) is 139 cm³/mol. The van der Waals surface area contributed by atoms with Crippen LogP contribution in [0.25, 0.3) is 22.2 Å². The maximum atomic E-state index is 15.2. The summed E-state index contributed by atoms with van der Waals surface area (Å²) in [6, 6.07) is 8.58. The fourth-order valence-corrected chi connectivity index (χ4v) is 6.90. The van der Waals surface area contributed by atoms with Gasteiger partial charge in [0.2, 0.25) is 21.7 Å². The molecule has 0 bridgehead atoms. The maximum absolute atomic E-state index is 15.2. The van der Waals surface area contributed by atoms with Gasteiger partial charge in [-0.05, 0) is 48.0 Å². The summed E-state index contributed by atoms with van der Waals surface area (Å²) in [6.45, 7) is -0.290. The van der Waals surface area contributed by atoms with E-state index >= 15 is 8.78 Å². The molecule has 2 aromatic carbocycles. The van der Waals surface area contributed by atoms with E-state index in [4.69, 9.17) is 27.9 Å². The molecular weight excluding hydrogens is 561 g/mol. The van der Waals surface area contributed by atoms with Gasteiger partial charge in [-0.3, -0.25) is 4.79 Å². The van der Waals surface area contributed by atoms with Crippen LogP contribution in [0.4, 0.5) is 8.78 Å². The first-order valence-corrected chi connectivity index (χ1v) is 13.6. The number of benzene rings is 2. The molecule has 0 unspecified atom stereocenters. The minimum atomic E-state index is -4.24. The predicted octanol–water partition coefficient (Wildman–Crippen LogP) is 4.77. The number of nitrogens with zero attached hydrogens (tertiary/aromatic N) is 2. The zero-order valence-electron chi connectivity index (χ0n) is 19.7. The number of hydrogen-bond donors (Lipinski definition) is 2. The number of halogens is 4. The van der Waals surface area contributed by atoms with E-state index in [0.717, 1.165) is 4.31 Å². The highest BCUT2D eigenvalue weighted by Gasteiger charge is 2.45. The molecule has 8 nitrogen and oxygen atoms in total. The lowest BCUT2D eigenvalue weighted by Gasteiger charge is -2.22. The molecule has 1 amide bonds. The molecule has 1 saturated heterocycles. The number of rotatable bonds is 6. The van der Waals surface area contributed by atoms with Crippen molar-refractivity contribution in [2.24, 2.45) is 0 Å². The fourth-order valence-electron chi connectivity index (χ4n) is 4.54. The first kappa shape index (κ1) is 26.4. The lowest BCUT2D eigenvalue weighted by atomic mass is 10.0. The van der Waals surface area contributed by atoms with Crippen LogP contribution >= 0.6 is 23.2 Å². The number of carbonyl (C=O) groups excluding carboxylic acids is 1. The number of H-pyrrole nitrogens is 1. The quantitative estimate of drug-likeness (QED) is 0.342. The van der Waals surface area contributed by atoms with Crippen molar-refractivity contribution in [2.75, 3.05) is 13.6 Å². The smallest absolute Gasteiger partial charge is 0.244 e. The average molecular weight is 581 g/mol. The number of sulfonamides is 1. The molecule has 2 N–H and O–H groups in total. The van der Waals surface area contributed by atoms with Gasteiger partial charge in [0.25, 0.3) is 0 Å². The molecule has 13 heteroatoms. The molecule has 0 aliphatic carbocycles. The number of amides is 1. The van der Waals surface area contributed by atoms with Crippen molar-refractivity contribution in [3.05, 3.63) is 76.5 Å². The minimum absolute atomic E-state index is 0.0125. The summed E-state index contributed by atoms with van der Waals surface area (Å²) in [5, 5.41) is 3.25. The van der Waals surface area contributed by atoms with Crippen LogP contribution in [0.3, 0.4) is 0 Å². The Balaban J connectivity index is 1.45. The molecule has 38 heavy (non-hydrogen) atoms. The molecule has 4 aromatic rings. The van der Waals surface area contributed by atoms with Gasteiger partial charge < -0.3 is 15.0 Å². The molecule has 0 radical (unpaired) electrons. The minimum Gasteiger partial charge on any atom is -0.486 e. The van der Waals surface area contributed by atoms with Crippen molar-refractivity contribution >= 4 is 50.2 Å². The van der Waals surface area contributed by atoms with Gasteiger partial charge in [0.15, 0.2) is 11.6 Å². The number of nitrogens with one attached hydrogen (secondary N) is 2. The van der Waals surface area contributed by atoms with Gasteiger partial charge in [0.1, 0.15) is 17.8 Å². The lowest BCUT2D eigenvalue weighted by Crippen LogP contribution is -2.44. The molecule has 0 saturated carbocycles. The average Bonchev–Trinajstić information content (AvgIpc) is 3.54. The van der Waals surface area contributed by atoms with Gasteiger partial charge in [0.05, 0.1) is 11.4 Å². The molecular formula is C25H20Cl2F2N4O4S. The Morgan fingerprint density at radius 3 is 2.55 bits per heavy atom. The van der Waals surface area contributed by atoms with Crippen molar-refractivity contribution in [1.82, 2.24) is 19.6 Å². The van der Waals surface area contributed by atoms with E-state index in [-0.39, 0.29) is 33.5 Å². The van der Waals surface area contributed by atoms with Crippen molar-refractivity contribution in [3.63, 3.8) is 0 Å². The standard InChI is InChI=1S/C25H20Cl2F2N4O4S/c1-30-25(34)20-11-15(12-33(20)38(35,36)16-9-13(26)8-14(27)10-16)37-21-3-2-18(22(28)23(21)29)17-4-6-31-24-19(17)5-7-32-24/h2-10,15,20H,11-12H2,1H3,(H,30,34)(H,31,32)/t15-,20+/m1/s1. The van der Waals surface area contributed by atoms with Crippen LogP contribution in [-0.2, 0) is 14.8 Å². The van der Waals surface area contributed by atoms with Crippen molar-refractivity contribution in [2.45, 2.75) is 23.5 Å². The SMILES string of the molecule is CNC(=O)[C@@H]1C[C@@H](Oc2ccc(-c3ccnc4[nH]ccc34)c(F)c2F)CN1S(=O)(=O)c1cc(Cl)cc(Cl)c1. The third-order valence-corrected chi connectivity index (χ3v) is 8.59. The highest BCUT2D eigenvalue weighted by molar-refractivity contribution is 7.89. The highest BCUT2D eigenvalue weighted by Crippen LogP contribution is 2.36. The van der Waals surface area contributed by atoms with Gasteiger partial charge in [-0.1, -0.05) is 23.2 Å². The molecule has 198 valence electrons. The van der Waals surface area contributed by atoms with Gasteiger partial charge in [-0.25, -0.2) is 17.8 Å². The zero-order chi connectivity index (χ0) is 27.2. The van der Waals surface area contributed by atoms with Crippen molar-refractivity contribution in [3.8, 4) is 16.9 Å². The van der Waals surface area contributed by atoms with Crippen LogP contribution in [0.5, 0.6) is 5.75 Å².